The maximum absolute atomic E-state index is 12.4. The normalized spacial score (nSPS) is 25.6. The summed E-state index contributed by atoms with van der Waals surface area (Å²) in [5.41, 5.74) is 1.38. The number of rotatable bonds is 5. The molecule has 0 bridgehead atoms. The molecule has 2 atom stereocenters. The number of likely N-dealkylation sites (tertiary alicyclic amines) is 1. The number of nitrogens with zero attached hydrogens (tertiary/aromatic N) is 1. The van der Waals surface area contributed by atoms with Gasteiger partial charge in [-0.3, -0.25) is 9.69 Å². The van der Waals surface area contributed by atoms with E-state index in [1.54, 1.807) is 0 Å². The summed E-state index contributed by atoms with van der Waals surface area (Å²) < 4.78 is 23.0. The molecule has 2 saturated heterocycles. The number of carbonyl (C=O) groups excluding carboxylic acids is 1. The standard InChI is InChI=1S/C19H28N2O3S/c1-15(19(22)20-18-9-12-25(23,24)14-18)21-10-7-17(8-11-21)13-16-5-3-2-4-6-16/h2-6,15,17-18H,7-14H2,1H3,(H,20,22). The third-order valence-electron chi connectivity index (χ3n) is 5.52. The van der Waals surface area contributed by atoms with Gasteiger partial charge in [0.05, 0.1) is 17.5 Å². The number of amides is 1. The molecule has 138 valence electrons. The van der Waals surface area contributed by atoms with Crippen LogP contribution in [0.2, 0.25) is 0 Å². The number of hydrogen-bond donors (Lipinski definition) is 1. The van der Waals surface area contributed by atoms with Crippen LogP contribution in [0.25, 0.3) is 0 Å². The van der Waals surface area contributed by atoms with Crippen LogP contribution in [0.4, 0.5) is 0 Å². The monoisotopic (exact) mass is 364 g/mol. The van der Waals surface area contributed by atoms with Crippen LogP contribution >= 0.6 is 0 Å². The second kappa shape index (κ2) is 7.87. The number of carbonyl (C=O) groups is 1. The van der Waals surface area contributed by atoms with Gasteiger partial charge in [-0.2, -0.15) is 0 Å². The first-order valence-corrected chi connectivity index (χ1v) is 11.0. The molecule has 6 heteroatoms. The van der Waals surface area contributed by atoms with E-state index in [0.717, 1.165) is 32.4 Å². The van der Waals surface area contributed by atoms with Gasteiger partial charge in [0.25, 0.3) is 0 Å². The third kappa shape index (κ3) is 5.05. The van der Waals surface area contributed by atoms with Gasteiger partial charge < -0.3 is 5.32 Å². The molecule has 2 aliphatic rings. The molecule has 0 saturated carbocycles. The van der Waals surface area contributed by atoms with Gasteiger partial charge in [0.2, 0.25) is 5.91 Å². The summed E-state index contributed by atoms with van der Waals surface area (Å²) in [6.07, 6.45) is 3.85. The topological polar surface area (TPSA) is 66.5 Å². The van der Waals surface area contributed by atoms with Gasteiger partial charge in [0.1, 0.15) is 0 Å². The van der Waals surface area contributed by atoms with Crippen LogP contribution < -0.4 is 5.32 Å². The highest BCUT2D eigenvalue weighted by atomic mass is 32.2. The zero-order valence-corrected chi connectivity index (χ0v) is 15.7. The Labute approximate surface area is 150 Å². The van der Waals surface area contributed by atoms with E-state index in [2.05, 4.69) is 34.5 Å². The lowest BCUT2D eigenvalue weighted by Gasteiger charge is -2.35. The summed E-state index contributed by atoms with van der Waals surface area (Å²) >= 11 is 0. The summed E-state index contributed by atoms with van der Waals surface area (Å²) in [5.74, 6) is 0.916. The number of nitrogens with one attached hydrogen (secondary N) is 1. The van der Waals surface area contributed by atoms with Gasteiger partial charge in [0, 0.05) is 6.04 Å². The van der Waals surface area contributed by atoms with Crippen molar-refractivity contribution in [3.8, 4) is 0 Å². The summed E-state index contributed by atoms with van der Waals surface area (Å²) in [5, 5.41) is 2.92. The highest BCUT2D eigenvalue weighted by Gasteiger charge is 2.32. The van der Waals surface area contributed by atoms with Crippen molar-refractivity contribution in [3.63, 3.8) is 0 Å². The van der Waals surface area contributed by atoms with Gasteiger partial charge in [-0.15, -0.1) is 0 Å². The molecule has 0 aliphatic carbocycles. The van der Waals surface area contributed by atoms with Crippen molar-refractivity contribution in [3.05, 3.63) is 35.9 Å². The maximum atomic E-state index is 12.4. The van der Waals surface area contributed by atoms with E-state index in [1.807, 2.05) is 13.0 Å². The van der Waals surface area contributed by atoms with Crippen LogP contribution in [0.3, 0.4) is 0 Å². The Bertz CT molecular complexity index is 682. The second-order valence-corrected chi connectivity index (χ2v) is 9.68. The summed E-state index contributed by atoms with van der Waals surface area (Å²) in [4.78, 5) is 14.7. The van der Waals surface area contributed by atoms with Crippen LogP contribution in [0.15, 0.2) is 30.3 Å². The summed E-state index contributed by atoms with van der Waals surface area (Å²) in [7, 11) is -2.96. The molecule has 1 aromatic carbocycles. The van der Waals surface area contributed by atoms with Crippen molar-refractivity contribution in [2.45, 2.75) is 44.7 Å². The second-order valence-electron chi connectivity index (χ2n) is 7.45. The van der Waals surface area contributed by atoms with Crippen molar-refractivity contribution in [1.29, 1.82) is 0 Å². The van der Waals surface area contributed by atoms with E-state index in [1.165, 1.54) is 5.56 Å². The molecule has 1 aromatic rings. The lowest BCUT2D eigenvalue weighted by molar-refractivity contribution is -0.127. The number of benzene rings is 1. The molecule has 5 nitrogen and oxygen atoms in total. The fourth-order valence-corrected chi connectivity index (χ4v) is 5.56. The van der Waals surface area contributed by atoms with E-state index in [9.17, 15) is 13.2 Å². The number of sulfone groups is 1. The minimum absolute atomic E-state index is 0.0383. The molecule has 0 aromatic heterocycles. The highest BCUT2D eigenvalue weighted by Crippen LogP contribution is 2.23. The molecule has 2 heterocycles. The third-order valence-corrected chi connectivity index (χ3v) is 7.29. The molecule has 2 aliphatic heterocycles. The first-order valence-electron chi connectivity index (χ1n) is 9.22. The first kappa shape index (κ1) is 18.4. The molecule has 1 amide bonds. The van der Waals surface area contributed by atoms with Crippen molar-refractivity contribution >= 4 is 15.7 Å². The van der Waals surface area contributed by atoms with Gasteiger partial charge in [-0.05, 0) is 57.2 Å². The van der Waals surface area contributed by atoms with Crippen LogP contribution in [0, 0.1) is 5.92 Å². The van der Waals surface area contributed by atoms with Crippen molar-refractivity contribution in [2.24, 2.45) is 5.92 Å². The van der Waals surface area contributed by atoms with Crippen molar-refractivity contribution in [1.82, 2.24) is 10.2 Å². The van der Waals surface area contributed by atoms with Gasteiger partial charge in [-0.25, -0.2) is 8.42 Å². The molecule has 0 spiro atoms. The molecule has 2 unspecified atom stereocenters. The zero-order chi connectivity index (χ0) is 17.9. The number of piperidine rings is 1. The van der Waals surface area contributed by atoms with Crippen molar-refractivity contribution < 1.29 is 13.2 Å². The van der Waals surface area contributed by atoms with Crippen LogP contribution in [0.1, 0.15) is 31.7 Å². The number of hydrogen-bond acceptors (Lipinski definition) is 4. The Hall–Kier alpha value is -1.40. The largest absolute Gasteiger partial charge is 0.351 e. The lowest BCUT2D eigenvalue weighted by Crippen LogP contribution is -2.50. The smallest absolute Gasteiger partial charge is 0.237 e. The minimum atomic E-state index is -2.96. The van der Waals surface area contributed by atoms with Gasteiger partial charge in [-0.1, -0.05) is 30.3 Å². The Kier molecular flexibility index (Phi) is 5.79. The molecule has 3 rings (SSSR count). The fraction of sp³-hybridized carbons (Fsp3) is 0.632. The maximum Gasteiger partial charge on any atom is 0.237 e. The fourth-order valence-electron chi connectivity index (χ4n) is 3.89. The minimum Gasteiger partial charge on any atom is -0.351 e. The Balaban J connectivity index is 1.45. The molecule has 0 radical (unpaired) electrons. The summed E-state index contributed by atoms with van der Waals surface area (Å²) in [6, 6.07) is 10.2. The average Bonchev–Trinajstić information content (AvgIpc) is 2.94. The van der Waals surface area contributed by atoms with Crippen LogP contribution in [-0.2, 0) is 21.1 Å². The van der Waals surface area contributed by atoms with Gasteiger partial charge in [0.15, 0.2) is 9.84 Å². The van der Waals surface area contributed by atoms with E-state index in [4.69, 9.17) is 0 Å². The average molecular weight is 365 g/mol. The zero-order valence-electron chi connectivity index (χ0n) is 14.9. The van der Waals surface area contributed by atoms with E-state index >= 15 is 0 Å². The predicted octanol–water partition coefficient (Wildman–Crippen LogP) is 1.63. The van der Waals surface area contributed by atoms with Crippen LogP contribution in [0.5, 0.6) is 0 Å². The van der Waals surface area contributed by atoms with E-state index in [0.29, 0.717) is 12.3 Å². The molecule has 25 heavy (non-hydrogen) atoms. The Morgan fingerprint density at radius 2 is 1.88 bits per heavy atom. The molecule has 1 N–H and O–H groups in total. The van der Waals surface area contributed by atoms with Crippen molar-refractivity contribution in [2.75, 3.05) is 24.6 Å². The van der Waals surface area contributed by atoms with E-state index < -0.39 is 9.84 Å². The SMILES string of the molecule is CC(C(=O)NC1CCS(=O)(=O)C1)N1CCC(Cc2ccccc2)CC1. The lowest BCUT2D eigenvalue weighted by atomic mass is 9.89. The molecular weight excluding hydrogens is 336 g/mol. The Morgan fingerprint density at radius 3 is 2.48 bits per heavy atom. The highest BCUT2D eigenvalue weighted by molar-refractivity contribution is 7.91. The quantitative estimate of drug-likeness (QED) is 0.862. The van der Waals surface area contributed by atoms with Gasteiger partial charge >= 0.3 is 0 Å². The van der Waals surface area contributed by atoms with Crippen LogP contribution in [-0.4, -0.2) is 55.9 Å². The Morgan fingerprint density at radius 1 is 1.20 bits per heavy atom. The summed E-state index contributed by atoms with van der Waals surface area (Å²) in [6.45, 7) is 3.78. The van der Waals surface area contributed by atoms with E-state index in [-0.39, 0.29) is 29.5 Å². The molecular formula is C19H28N2O3S. The molecule has 2 fully saturated rings. The predicted molar refractivity (Wildman–Crippen MR) is 99.1 cm³/mol. The first-order chi connectivity index (χ1) is 11.9.